The van der Waals surface area contributed by atoms with Crippen LogP contribution in [0.3, 0.4) is 0 Å². The molecule has 0 unspecified atom stereocenters. The molecule has 5 atom stereocenters. The summed E-state index contributed by atoms with van der Waals surface area (Å²) < 4.78 is 51.5. The smallest absolute Gasteiger partial charge is 0.319 e. The van der Waals surface area contributed by atoms with E-state index in [0.717, 1.165) is 31.4 Å². The van der Waals surface area contributed by atoms with Gasteiger partial charge >= 0.3 is 6.01 Å². The van der Waals surface area contributed by atoms with Crippen molar-refractivity contribution in [3.63, 3.8) is 0 Å². The number of fused-ring (bicyclic) bond motifs is 3. The summed E-state index contributed by atoms with van der Waals surface area (Å²) in [7, 11) is 0. The molecule has 0 bridgehead atoms. The van der Waals surface area contributed by atoms with E-state index >= 15 is 4.39 Å². The third kappa shape index (κ3) is 4.82. The van der Waals surface area contributed by atoms with Crippen molar-refractivity contribution in [3.8, 4) is 17.3 Å². The molecule has 1 aliphatic carbocycles. The number of hydrogen-bond acceptors (Lipinski definition) is 8. The number of benzene rings is 1. The van der Waals surface area contributed by atoms with Crippen LogP contribution in [0.5, 0.6) is 6.01 Å². The van der Waals surface area contributed by atoms with Crippen molar-refractivity contribution in [2.45, 2.75) is 68.7 Å². The number of ether oxygens (including phenoxy) is 1. The lowest BCUT2D eigenvalue weighted by atomic mass is 9.94. The van der Waals surface area contributed by atoms with Gasteiger partial charge in [0.1, 0.15) is 42.1 Å². The fourth-order valence-electron chi connectivity index (χ4n) is 7.97. The third-order valence-corrected chi connectivity index (χ3v) is 10.7. The molecule has 2 N–H and O–H groups in total. The first-order valence-corrected chi connectivity index (χ1v) is 16.1. The zero-order valence-electron chi connectivity index (χ0n) is 25.0. The Balaban J connectivity index is 1.27. The number of aromatic amines is 1. The van der Waals surface area contributed by atoms with Crippen molar-refractivity contribution in [1.82, 2.24) is 30.0 Å². The van der Waals surface area contributed by atoms with Crippen LogP contribution in [0.4, 0.5) is 19.0 Å². The molecule has 1 aromatic carbocycles. The molecule has 1 saturated carbocycles. The van der Waals surface area contributed by atoms with E-state index in [9.17, 15) is 13.9 Å². The summed E-state index contributed by atoms with van der Waals surface area (Å²) in [6.07, 6.45) is 6.13. The van der Waals surface area contributed by atoms with Gasteiger partial charge in [0.25, 0.3) is 0 Å². The predicted molar refractivity (Wildman–Crippen MR) is 165 cm³/mol. The van der Waals surface area contributed by atoms with Gasteiger partial charge in [-0.3, -0.25) is 15.0 Å². The van der Waals surface area contributed by atoms with Gasteiger partial charge in [0.2, 0.25) is 0 Å². The molecule has 0 radical (unpaired) electrons. The molecule has 0 spiro atoms. The van der Waals surface area contributed by atoms with Gasteiger partial charge < -0.3 is 14.7 Å². The highest BCUT2D eigenvalue weighted by Gasteiger charge is 2.49. The minimum Gasteiger partial charge on any atom is -0.461 e. The van der Waals surface area contributed by atoms with Crippen molar-refractivity contribution >= 4 is 39.2 Å². The summed E-state index contributed by atoms with van der Waals surface area (Å²) in [5.74, 6) is 0.203. The normalized spacial score (nSPS) is 30.0. The van der Waals surface area contributed by atoms with Crippen LogP contribution in [0.25, 0.3) is 33.1 Å². The molecule has 13 heteroatoms. The Hall–Kier alpha value is -3.22. The summed E-state index contributed by atoms with van der Waals surface area (Å²) in [6.45, 7) is 3.02. The number of anilines is 1. The Morgan fingerprint density at radius 1 is 1.18 bits per heavy atom. The van der Waals surface area contributed by atoms with Gasteiger partial charge in [-0.2, -0.15) is 15.1 Å². The van der Waals surface area contributed by atoms with E-state index < -0.39 is 29.8 Å². The van der Waals surface area contributed by atoms with Crippen molar-refractivity contribution in [2.24, 2.45) is 5.92 Å². The fourth-order valence-corrected chi connectivity index (χ4v) is 8.31. The van der Waals surface area contributed by atoms with E-state index in [1.807, 2.05) is 6.07 Å². The molecule has 6 heterocycles. The highest BCUT2D eigenvalue weighted by Crippen LogP contribution is 2.54. The number of hydrogen-bond donors (Lipinski definition) is 2. The first-order chi connectivity index (χ1) is 21.7. The predicted octanol–water partition coefficient (Wildman–Crippen LogP) is 5.74. The molecular formula is C32H35ClF3N7O2. The second-order valence-corrected chi connectivity index (χ2v) is 14.0. The van der Waals surface area contributed by atoms with Gasteiger partial charge in [-0.1, -0.05) is 18.5 Å². The molecule has 4 fully saturated rings. The Morgan fingerprint density at radius 3 is 2.80 bits per heavy atom. The van der Waals surface area contributed by atoms with Crippen LogP contribution in [-0.2, 0) is 0 Å². The molecule has 9 nitrogen and oxygen atoms in total. The fraction of sp³-hybridized carbons (Fsp3) is 0.562. The minimum atomic E-state index is -1.55. The first-order valence-electron chi connectivity index (χ1n) is 15.8. The topological polar surface area (TPSA) is 103 Å². The second-order valence-electron chi connectivity index (χ2n) is 13.6. The SMILES string of the molecule is C[C@@H]1C[C@@H]1c1c(Cl)cc2[nH]ncc2c1-c1ncc2c(N3CCC[C@](O)(CF)C3)nc(OC[C@@]34CCCN3C[C@H](F)C4)nc2c1F. The summed E-state index contributed by atoms with van der Waals surface area (Å²) in [6, 6.07) is 1.76. The maximum absolute atomic E-state index is 17.0. The van der Waals surface area contributed by atoms with E-state index in [2.05, 4.69) is 37.0 Å². The van der Waals surface area contributed by atoms with E-state index in [1.165, 1.54) is 6.20 Å². The van der Waals surface area contributed by atoms with Crippen LogP contribution < -0.4 is 9.64 Å². The average molecular weight is 642 g/mol. The Labute approximate surface area is 263 Å². The number of nitrogens with one attached hydrogen (secondary N) is 1. The number of halogens is 4. The molecule has 3 aliphatic heterocycles. The first kappa shape index (κ1) is 29.2. The van der Waals surface area contributed by atoms with E-state index in [1.54, 1.807) is 11.1 Å². The number of piperidine rings is 1. The molecular weight excluding hydrogens is 607 g/mol. The van der Waals surface area contributed by atoms with Crippen LogP contribution in [0.1, 0.15) is 56.9 Å². The van der Waals surface area contributed by atoms with Gasteiger partial charge in [0.15, 0.2) is 5.82 Å². The average Bonchev–Trinajstić information content (AvgIpc) is 3.31. The van der Waals surface area contributed by atoms with Gasteiger partial charge in [0, 0.05) is 41.7 Å². The number of H-pyrrole nitrogens is 1. The standard InChI is InChI=1S/C32H35ClF3N7O2/c1-17-8-19(17)24-22(33)9-23-20(12-38-41-23)25(24)28-26(36)27-21(11-37-28)29(42-6-3-5-32(44,14-34)15-42)40-30(39-27)45-16-31-4-2-7-43(31)13-18(35)10-31/h9,11-12,17-19,44H,2-8,10,13-16H2,1H3,(H,38,41)/t17-,18-,19+,31+,32+/m1/s1. The molecule has 0 amide bonds. The van der Waals surface area contributed by atoms with Crippen molar-refractivity contribution < 1.29 is 23.0 Å². The Kier molecular flexibility index (Phi) is 6.92. The van der Waals surface area contributed by atoms with Gasteiger partial charge in [0.05, 0.1) is 29.2 Å². The zero-order valence-corrected chi connectivity index (χ0v) is 25.8. The van der Waals surface area contributed by atoms with Gasteiger partial charge in [-0.05, 0) is 62.1 Å². The maximum Gasteiger partial charge on any atom is 0.319 e. The summed E-state index contributed by atoms with van der Waals surface area (Å²) in [5.41, 5.74) is 0.169. The van der Waals surface area contributed by atoms with Gasteiger partial charge in [-0.25, -0.2) is 13.2 Å². The number of alkyl halides is 2. The summed E-state index contributed by atoms with van der Waals surface area (Å²) >= 11 is 6.80. The molecule has 3 aromatic heterocycles. The molecule has 4 aliphatic rings. The van der Waals surface area contributed by atoms with Crippen molar-refractivity contribution in [1.29, 1.82) is 0 Å². The summed E-state index contributed by atoms with van der Waals surface area (Å²) in [4.78, 5) is 17.8. The van der Waals surface area contributed by atoms with Crippen LogP contribution >= 0.6 is 11.6 Å². The molecule has 8 rings (SSSR count). The quantitative estimate of drug-likeness (QED) is 0.263. The highest BCUT2D eigenvalue weighted by atomic mass is 35.5. The number of aromatic nitrogens is 5. The van der Waals surface area contributed by atoms with Gasteiger partial charge in [-0.15, -0.1) is 0 Å². The lowest BCUT2D eigenvalue weighted by Crippen LogP contribution is -2.50. The molecule has 4 aromatic rings. The number of β-amino-alcohol motifs (C(OH)–C–C–N with tert-alkyl or cyclic N) is 1. The largest absolute Gasteiger partial charge is 0.461 e. The van der Waals surface area contributed by atoms with Crippen LogP contribution in [0, 0.1) is 11.7 Å². The van der Waals surface area contributed by atoms with E-state index in [4.69, 9.17) is 16.3 Å². The Bertz CT molecular complexity index is 1810. The maximum atomic E-state index is 17.0. The molecule has 45 heavy (non-hydrogen) atoms. The lowest BCUT2D eigenvalue weighted by molar-refractivity contribution is 0.00302. The third-order valence-electron chi connectivity index (χ3n) is 10.4. The lowest BCUT2D eigenvalue weighted by Gasteiger charge is -2.38. The monoisotopic (exact) mass is 641 g/mol. The zero-order chi connectivity index (χ0) is 31.1. The number of aliphatic hydroxyl groups is 1. The van der Waals surface area contributed by atoms with Crippen LogP contribution in [-0.4, -0.2) is 91.9 Å². The summed E-state index contributed by atoms with van der Waals surface area (Å²) in [5, 5.41) is 19.5. The van der Waals surface area contributed by atoms with Crippen LogP contribution in [0.15, 0.2) is 18.5 Å². The number of pyridine rings is 1. The van der Waals surface area contributed by atoms with Crippen molar-refractivity contribution in [2.75, 3.05) is 44.4 Å². The van der Waals surface area contributed by atoms with Crippen LogP contribution in [0.2, 0.25) is 5.02 Å². The number of rotatable bonds is 7. The van der Waals surface area contributed by atoms with Crippen molar-refractivity contribution in [3.05, 3.63) is 34.9 Å². The van der Waals surface area contributed by atoms with E-state index in [0.29, 0.717) is 71.0 Å². The number of nitrogens with zero attached hydrogens (tertiary/aromatic N) is 6. The highest BCUT2D eigenvalue weighted by molar-refractivity contribution is 6.33. The minimum absolute atomic E-state index is 0.00338. The van der Waals surface area contributed by atoms with E-state index in [-0.39, 0.29) is 36.3 Å². The second kappa shape index (κ2) is 10.7. The molecule has 3 saturated heterocycles. The molecule has 238 valence electrons. The Morgan fingerprint density at radius 2 is 2.00 bits per heavy atom.